The Morgan fingerprint density at radius 2 is 2.06 bits per heavy atom. The molecule has 2 aromatic rings. The molecule has 3 heteroatoms. The lowest BCUT2D eigenvalue weighted by molar-refractivity contribution is 0.653. The van der Waals surface area contributed by atoms with E-state index in [0.717, 1.165) is 25.2 Å². The van der Waals surface area contributed by atoms with E-state index in [1.807, 2.05) is 24.0 Å². The van der Waals surface area contributed by atoms with Gasteiger partial charge in [0.25, 0.3) is 0 Å². The van der Waals surface area contributed by atoms with Crippen LogP contribution in [0.25, 0.3) is 0 Å². The van der Waals surface area contributed by atoms with Gasteiger partial charge in [-0.3, -0.25) is 4.68 Å². The van der Waals surface area contributed by atoms with Crippen LogP contribution in [0, 0.1) is 6.92 Å². The van der Waals surface area contributed by atoms with Crippen LogP contribution >= 0.6 is 0 Å². The van der Waals surface area contributed by atoms with Gasteiger partial charge in [-0.2, -0.15) is 5.10 Å². The summed E-state index contributed by atoms with van der Waals surface area (Å²) in [4.78, 5) is 0. The maximum atomic E-state index is 4.33. The third kappa shape index (κ3) is 3.43. The lowest BCUT2D eigenvalue weighted by Crippen LogP contribution is -2.17. The second-order valence-electron chi connectivity index (χ2n) is 4.33. The Kier molecular flexibility index (Phi) is 3.94. The Balaban J connectivity index is 1.75. The first kappa shape index (κ1) is 11.9. The van der Waals surface area contributed by atoms with Crippen LogP contribution in [0.3, 0.4) is 0 Å². The van der Waals surface area contributed by atoms with E-state index >= 15 is 0 Å². The summed E-state index contributed by atoms with van der Waals surface area (Å²) in [7, 11) is 1.94. The number of nitrogens with one attached hydrogen (secondary N) is 1. The molecule has 0 unspecified atom stereocenters. The smallest absolute Gasteiger partial charge is 0.0762 e. The van der Waals surface area contributed by atoms with Crippen molar-refractivity contribution in [2.24, 2.45) is 7.05 Å². The average Bonchev–Trinajstić information content (AvgIpc) is 2.73. The van der Waals surface area contributed by atoms with E-state index in [9.17, 15) is 0 Å². The van der Waals surface area contributed by atoms with E-state index in [0.29, 0.717) is 0 Å². The lowest BCUT2D eigenvalue weighted by atomic mass is 10.1. The first-order valence-electron chi connectivity index (χ1n) is 5.99. The molecule has 0 amide bonds. The van der Waals surface area contributed by atoms with Crippen molar-refractivity contribution in [2.75, 3.05) is 6.54 Å². The Hall–Kier alpha value is -1.61. The summed E-state index contributed by atoms with van der Waals surface area (Å²) < 4.78 is 1.83. The Bertz CT molecular complexity index is 474. The minimum Gasteiger partial charge on any atom is -0.311 e. The fourth-order valence-corrected chi connectivity index (χ4v) is 1.89. The highest BCUT2D eigenvalue weighted by Crippen LogP contribution is 2.06. The largest absolute Gasteiger partial charge is 0.311 e. The van der Waals surface area contributed by atoms with Gasteiger partial charge < -0.3 is 5.32 Å². The number of aromatic nitrogens is 2. The van der Waals surface area contributed by atoms with Crippen molar-refractivity contribution < 1.29 is 0 Å². The highest BCUT2D eigenvalue weighted by molar-refractivity contribution is 5.25. The fourth-order valence-electron chi connectivity index (χ4n) is 1.89. The molecule has 0 fully saturated rings. The summed E-state index contributed by atoms with van der Waals surface area (Å²) in [5.74, 6) is 0. The predicted molar refractivity (Wildman–Crippen MR) is 69.8 cm³/mol. The van der Waals surface area contributed by atoms with Gasteiger partial charge in [-0.15, -0.1) is 0 Å². The molecule has 0 atom stereocenters. The highest BCUT2D eigenvalue weighted by atomic mass is 15.3. The molecule has 2 rings (SSSR count). The molecule has 90 valence electrons. The first-order chi connectivity index (χ1) is 8.25. The monoisotopic (exact) mass is 229 g/mol. The summed E-state index contributed by atoms with van der Waals surface area (Å²) in [6, 6.07) is 10.6. The average molecular weight is 229 g/mol. The quantitative estimate of drug-likeness (QED) is 0.795. The van der Waals surface area contributed by atoms with Crippen molar-refractivity contribution >= 4 is 0 Å². The van der Waals surface area contributed by atoms with Gasteiger partial charge in [0.05, 0.1) is 5.69 Å². The Labute approximate surface area is 102 Å². The number of hydrogen-bond acceptors (Lipinski definition) is 2. The molecular weight excluding hydrogens is 210 g/mol. The van der Waals surface area contributed by atoms with E-state index in [2.05, 4.69) is 41.6 Å². The minimum atomic E-state index is 0.840. The zero-order valence-electron chi connectivity index (χ0n) is 10.5. The summed E-state index contributed by atoms with van der Waals surface area (Å²) in [6.07, 6.45) is 3.04. The van der Waals surface area contributed by atoms with Crippen LogP contribution in [0.15, 0.2) is 36.5 Å². The Morgan fingerprint density at radius 3 is 2.76 bits per heavy atom. The van der Waals surface area contributed by atoms with Crippen molar-refractivity contribution in [1.82, 2.24) is 15.1 Å². The van der Waals surface area contributed by atoms with Crippen molar-refractivity contribution in [3.8, 4) is 0 Å². The predicted octanol–water partition coefficient (Wildman–Crippen LogP) is 2.06. The van der Waals surface area contributed by atoms with Gasteiger partial charge in [-0.05, 0) is 37.1 Å². The van der Waals surface area contributed by atoms with E-state index in [-0.39, 0.29) is 0 Å². The standard InChI is InChI=1S/C14H19N3/c1-12-5-3-4-6-13(12)7-9-15-11-14-8-10-17(2)16-14/h3-6,8,10,15H,7,9,11H2,1-2H3. The van der Waals surface area contributed by atoms with Crippen molar-refractivity contribution in [3.05, 3.63) is 53.3 Å². The van der Waals surface area contributed by atoms with Crippen molar-refractivity contribution in [2.45, 2.75) is 19.9 Å². The van der Waals surface area contributed by atoms with Crippen LogP contribution in [-0.4, -0.2) is 16.3 Å². The summed E-state index contributed by atoms with van der Waals surface area (Å²) in [5.41, 5.74) is 3.88. The van der Waals surface area contributed by atoms with Gasteiger partial charge in [-0.1, -0.05) is 24.3 Å². The zero-order chi connectivity index (χ0) is 12.1. The van der Waals surface area contributed by atoms with Gasteiger partial charge in [0.1, 0.15) is 0 Å². The number of hydrogen-bond donors (Lipinski definition) is 1. The van der Waals surface area contributed by atoms with Crippen LogP contribution in [0.5, 0.6) is 0 Å². The molecule has 0 bridgehead atoms. The van der Waals surface area contributed by atoms with Crippen molar-refractivity contribution in [1.29, 1.82) is 0 Å². The topological polar surface area (TPSA) is 29.9 Å². The highest BCUT2D eigenvalue weighted by Gasteiger charge is 1.98. The van der Waals surface area contributed by atoms with Gasteiger partial charge >= 0.3 is 0 Å². The maximum Gasteiger partial charge on any atom is 0.0762 e. The number of rotatable bonds is 5. The second-order valence-corrected chi connectivity index (χ2v) is 4.33. The van der Waals surface area contributed by atoms with E-state index in [1.165, 1.54) is 11.1 Å². The molecule has 0 aliphatic rings. The van der Waals surface area contributed by atoms with Crippen LogP contribution in [0.2, 0.25) is 0 Å². The van der Waals surface area contributed by atoms with Crippen LogP contribution in [-0.2, 0) is 20.0 Å². The molecule has 17 heavy (non-hydrogen) atoms. The molecule has 1 heterocycles. The van der Waals surface area contributed by atoms with Crippen molar-refractivity contribution in [3.63, 3.8) is 0 Å². The number of nitrogens with zero attached hydrogens (tertiary/aromatic N) is 2. The minimum absolute atomic E-state index is 0.840. The third-order valence-electron chi connectivity index (χ3n) is 2.91. The first-order valence-corrected chi connectivity index (χ1v) is 5.99. The van der Waals surface area contributed by atoms with Crippen LogP contribution < -0.4 is 5.32 Å². The molecule has 0 aliphatic carbocycles. The molecule has 0 aliphatic heterocycles. The maximum absolute atomic E-state index is 4.33. The fraction of sp³-hybridized carbons (Fsp3) is 0.357. The molecule has 0 saturated carbocycles. The lowest BCUT2D eigenvalue weighted by Gasteiger charge is -2.06. The zero-order valence-corrected chi connectivity index (χ0v) is 10.5. The molecule has 3 nitrogen and oxygen atoms in total. The normalized spacial score (nSPS) is 10.7. The SMILES string of the molecule is Cc1ccccc1CCNCc1ccn(C)n1. The molecular formula is C14H19N3. The van der Waals surface area contributed by atoms with Crippen LogP contribution in [0.1, 0.15) is 16.8 Å². The molecule has 1 aromatic carbocycles. The molecule has 1 N–H and O–H groups in total. The Morgan fingerprint density at radius 1 is 1.24 bits per heavy atom. The molecule has 0 radical (unpaired) electrons. The van der Waals surface area contributed by atoms with E-state index in [4.69, 9.17) is 0 Å². The third-order valence-corrected chi connectivity index (χ3v) is 2.91. The van der Waals surface area contributed by atoms with Gasteiger partial charge in [0.2, 0.25) is 0 Å². The second kappa shape index (κ2) is 5.64. The summed E-state index contributed by atoms with van der Waals surface area (Å²) >= 11 is 0. The molecule has 0 spiro atoms. The molecule has 1 aromatic heterocycles. The van der Waals surface area contributed by atoms with E-state index < -0.39 is 0 Å². The van der Waals surface area contributed by atoms with E-state index in [1.54, 1.807) is 0 Å². The number of benzene rings is 1. The summed E-state index contributed by atoms with van der Waals surface area (Å²) in [5, 5.41) is 7.74. The summed E-state index contributed by atoms with van der Waals surface area (Å²) in [6.45, 7) is 3.99. The van der Waals surface area contributed by atoms with Gasteiger partial charge in [-0.25, -0.2) is 0 Å². The number of aryl methyl sites for hydroxylation is 2. The van der Waals surface area contributed by atoms with Gasteiger partial charge in [0.15, 0.2) is 0 Å². The molecule has 0 saturated heterocycles. The van der Waals surface area contributed by atoms with Gasteiger partial charge in [0, 0.05) is 19.8 Å². The van der Waals surface area contributed by atoms with Crippen LogP contribution in [0.4, 0.5) is 0 Å².